The standard InChI is InChI=1S/C30H32Cl2FN3O4S/c1-21(30(38)34-23-9-4-2-5-10-23)35(19-26-27(31)13-8-14-28(26)32)29(37)20-36(24-17-15-22(33)16-18-24)41(39,40)25-11-6-3-7-12-25/h3,6-8,11-18,21,23H,2,4-5,9-10,19-20H2,1H3,(H,34,38)/t21-/m0/s1. The van der Waals surface area contributed by atoms with Gasteiger partial charge in [0.25, 0.3) is 10.0 Å². The van der Waals surface area contributed by atoms with Crippen LogP contribution in [0.2, 0.25) is 10.0 Å². The van der Waals surface area contributed by atoms with E-state index in [9.17, 15) is 22.4 Å². The molecule has 11 heteroatoms. The van der Waals surface area contributed by atoms with E-state index < -0.39 is 34.3 Å². The number of carbonyl (C=O) groups is 2. The van der Waals surface area contributed by atoms with Crippen LogP contribution >= 0.6 is 23.2 Å². The number of amides is 2. The smallest absolute Gasteiger partial charge is 0.264 e. The summed E-state index contributed by atoms with van der Waals surface area (Å²) in [7, 11) is -4.24. The number of nitrogens with one attached hydrogen (secondary N) is 1. The molecule has 1 fully saturated rings. The minimum atomic E-state index is -4.24. The van der Waals surface area contributed by atoms with Crippen molar-refractivity contribution in [2.75, 3.05) is 10.8 Å². The summed E-state index contributed by atoms with van der Waals surface area (Å²) in [6, 6.07) is 16.4. The Morgan fingerprint density at radius 3 is 2.15 bits per heavy atom. The third-order valence-corrected chi connectivity index (χ3v) is 9.73. The summed E-state index contributed by atoms with van der Waals surface area (Å²) in [5.74, 6) is -1.57. The van der Waals surface area contributed by atoms with E-state index in [4.69, 9.17) is 23.2 Å². The van der Waals surface area contributed by atoms with Crippen molar-refractivity contribution in [1.82, 2.24) is 10.2 Å². The second-order valence-corrected chi connectivity index (χ2v) is 12.7. The molecule has 0 spiro atoms. The van der Waals surface area contributed by atoms with Gasteiger partial charge in [0.05, 0.1) is 10.6 Å². The Morgan fingerprint density at radius 1 is 0.927 bits per heavy atom. The van der Waals surface area contributed by atoms with Gasteiger partial charge in [0.1, 0.15) is 18.4 Å². The van der Waals surface area contributed by atoms with Crippen molar-refractivity contribution >= 4 is 50.7 Å². The zero-order valence-corrected chi connectivity index (χ0v) is 24.9. The van der Waals surface area contributed by atoms with Crippen LogP contribution in [0.3, 0.4) is 0 Å². The Hall–Kier alpha value is -3.14. The fourth-order valence-electron chi connectivity index (χ4n) is 4.86. The molecular formula is C30H32Cl2FN3O4S. The van der Waals surface area contributed by atoms with Crippen molar-refractivity contribution in [3.8, 4) is 0 Å². The lowest BCUT2D eigenvalue weighted by Gasteiger charge is -2.33. The second kappa shape index (κ2) is 13.7. The topological polar surface area (TPSA) is 86.8 Å². The zero-order valence-electron chi connectivity index (χ0n) is 22.6. The molecule has 1 aliphatic rings. The van der Waals surface area contributed by atoms with Crippen LogP contribution in [-0.4, -0.2) is 43.8 Å². The molecule has 218 valence electrons. The molecule has 0 aromatic heterocycles. The van der Waals surface area contributed by atoms with Gasteiger partial charge >= 0.3 is 0 Å². The summed E-state index contributed by atoms with van der Waals surface area (Å²) >= 11 is 12.8. The van der Waals surface area contributed by atoms with Gasteiger partial charge in [-0.1, -0.05) is 66.7 Å². The summed E-state index contributed by atoms with van der Waals surface area (Å²) in [4.78, 5) is 28.6. The van der Waals surface area contributed by atoms with E-state index in [1.807, 2.05) is 0 Å². The van der Waals surface area contributed by atoms with E-state index in [0.29, 0.717) is 15.6 Å². The van der Waals surface area contributed by atoms with E-state index >= 15 is 0 Å². The Morgan fingerprint density at radius 2 is 1.54 bits per heavy atom. The number of hydrogen-bond acceptors (Lipinski definition) is 4. The third-order valence-electron chi connectivity index (χ3n) is 7.23. The average molecular weight is 621 g/mol. The molecule has 0 radical (unpaired) electrons. The molecule has 1 saturated carbocycles. The van der Waals surface area contributed by atoms with Gasteiger partial charge in [0, 0.05) is 28.2 Å². The quantitative estimate of drug-likeness (QED) is 0.293. The van der Waals surface area contributed by atoms with Crippen LogP contribution < -0.4 is 9.62 Å². The van der Waals surface area contributed by atoms with Crippen molar-refractivity contribution in [1.29, 1.82) is 0 Å². The van der Waals surface area contributed by atoms with Crippen molar-refractivity contribution in [3.63, 3.8) is 0 Å². The lowest BCUT2D eigenvalue weighted by molar-refractivity contribution is -0.139. The molecule has 1 N–H and O–H groups in total. The van der Waals surface area contributed by atoms with Crippen molar-refractivity contribution in [2.45, 2.75) is 62.6 Å². The highest BCUT2D eigenvalue weighted by molar-refractivity contribution is 7.92. The van der Waals surface area contributed by atoms with Crippen LogP contribution in [0.1, 0.15) is 44.6 Å². The van der Waals surface area contributed by atoms with Gasteiger partial charge in [-0.3, -0.25) is 13.9 Å². The first-order chi connectivity index (χ1) is 19.6. The van der Waals surface area contributed by atoms with E-state index in [1.165, 1.54) is 29.2 Å². The van der Waals surface area contributed by atoms with Gasteiger partial charge in [0.15, 0.2) is 0 Å². The normalized spacial score (nSPS) is 14.7. The van der Waals surface area contributed by atoms with Crippen LogP contribution in [0.15, 0.2) is 77.7 Å². The van der Waals surface area contributed by atoms with Gasteiger partial charge < -0.3 is 10.2 Å². The number of nitrogens with zero attached hydrogens (tertiary/aromatic N) is 2. The molecular weight excluding hydrogens is 588 g/mol. The monoisotopic (exact) mass is 619 g/mol. The van der Waals surface area contributed by atoms with Gasteiger partial charge in [-0.2, -0.15) is 0 Å². The summed E-state index contributed by atoms with van der Waals surface area (Å²) in [6.45, 7) is 0.819. The Labute approximate surface area is 250 Å². The molecule has 1 atom stereocenters. The molecule has 2 amide bonds. The molecule has 3 aromatic carbocycles. The number of benzene rings is 3. The maximum absolute atomic E-state index is 14.0. The molecule has 0 unspecified atom stereocenters. The first-order valence-electron chi connectivity index (χ1n) is 13.4. The summed E-state index contributed by atoms with van der Waals surface area (Å²) < 4.78 is 42.2. The van der Waals surface area contributed by atoms with Crippen molar-refractivity contribution in [2.24, 2.45) is 0 Å². The lowest BCUT2D eigenvalue weighted by Crippen LogP contribution is -2.53. The Balaban J connectivity index is 1.69. The van der Waals surface area contributed by atoms with E-state index in [1.54, 1.807) is 43.3 Å². The van der Waals surface area contributed by atoms with Crippen LogP contribution in [0.4, 0.5) is 10.1 Å². The van der Waals surface area contributed by atoms with Gasteiger partial charge in [0.2, 0.25) is 11.8 Å². The van der Waals surface area contributed by atoms with Crippen LogP contribution in [0.25, 0.3) is 0 Å². The summed E-state index contributed by atoms with van der Waals surface area (Å²) in [6.07, 6.45) is 4.86. The highest BCUT2D eigenvalue weighted by atomic mass is 35.5. The van der Waals surface area contributed by atoms with Crippen LogP contribution in [0.5, 0.6) is 0 Å². The average Bonchev–Trinajstić information content (AvgIpc) is 2.97. The molecule has 1 aliphatic carbocycles. The van der Waals surface area contributed by atoms with E-state index in [-0.39, 0.29) is 29.1 Å². The first kappa shape index (κ1) is 30.8. The molecule has 0 aliphatic heterocycles. The van der Waals surface area contributed by atoms with Crippen molar-refractivity contribution in [3.05, 3.63) is 94.2 Å². The van der Waals surface area contributed by atoms with E-state index in [0.717, 1.165) is 48.5 Å². The number of halogens is 3. The maximum Gasteiger partial charge on any atom is 0.264 e. The number of carbonyl (C=O) groups excluding carboxylic acids is 2. The second-order valence-electron chi connectivity index (χ2n) is 10.0. The number of rotatable bonds is 10. The molecule has 0 bridgehead atoms. The Bertz CT molecular complexity index is 1450. The predicted octanol–water partition coefficient (Wildman–Crippen LogP) is 6.19. The summed E-state index contributed by atoms with van der Waals surface area (Å²) in [5.41, 5.74) is 0.527. The minimum absolute atomic E-state index is 0.00808. The molecule has 4 rings (SSSR count). The van der Waals surface area contributed by atoms with Crippen molar-refractivity contribution < 1.29 is 22.4 Å². The van der Waals surface area contributed by atoms with Gasteiger partial charge in [-0.15, -0.1) is 0 Å². The Kier molecular flexibility index (Phi) is 10.3. The third kappa shape index (κ3) is 7.58. The number of sulfonamides is 1. The SMILES string of the molecule is C[C@@H](C(=O)NC1CCCCC1)N(Cc1c(Cl)cccc1Cl)C(=O)CN(c1ccc(F)cc1)S(=O)(=O)c1ccccc1. The highest BCUT2D eigenvalue weighted by Crippen LogP contribution is 2.28. The molecule has 0 heterocycles. The summed E-state index contributed by atoms with van der Waals surface area (Å²) in [5, 5.41) is 3.66. The largest absolute Gasteiger partial charge is 0.352 e. The van der Waals surface area contributed by atoms with Crippen LogP contribution in [0, 0.1) is 5.82 Å². The van der Waals surface area contributed by atoms with E-state index in [2.05, 4.69) is 5.32 Å². The molecule has 3 aromatic rings. The fourth-order valence-corrected chi connectivity index (χ4v) is 6.81. The van der Waals surface area contributed by atoms with Gasteiger partial charge in [-0.25, -0.2) is 12.8 Å². The lowest BCUT2D eigenvalue weighted by atomic mass is 9.95. The minimum Gasteiger partial charge on any atom is -0.352 e. The fraction of sp³-hybridized carbons (Fsp3) is 0.333. The highest BCUT2D eigenvalue weighted by Gasteiger charge is 2.33. The predicted molar refractivity (Wildman–Crippen MR) is 159 cm³/mol. The number of hydrogen-bond donors (Lipinski definition) is 1. The molecule has 41 heavy (non-hydrogen) atoms. The van der Waals surface area contributed by atoms with Crippen LogP contribution in [-0.2, 0) is 26.2 Å². The maximum atomic E-state index is 14.0. The first-order valence-corrected chi connectivity index (χ1v) is 15.6. The number of anilines is 1. The molecule has 7 nitrogen and oxygen atoms in total. The molecule has 0 saturated heterocycles. The zero-order chi connectivity index (χ0) is 29.6. The van der Waals surface area contributed by atoms with Gasteiger partial charge in [-0.05, 0) is 68.3 Å².